The highest BCUT2D eigenvalue weighted by Crippen LogP contribution is 2.32. The van der Waals surface area contributed by atoms with Gasteiger partial charge in [0.15, 0.2) is 0 Å². The molecule has 3 heterocycles. The first-order valence-electron chi connectivity index (χ1n) is 7.81. The van der Waals surface area contributed by atoms with E-state index >= 15 is 0 Å². The smallest absolute Gasteiger partial charge is 0.291 e. The molecular weight excluding hydrogens is 345 g/mol. The van der Waals surface area contributed by atoms with E-state index in [1.165, 1.54) is 16.8 Å². The molecule has 0 spiro atoms. The van der Waals surface area contributed by atoms with Crippen LogP contribution in [-0.2, 0) is 6.18 Å². The van der Waals surface area contributed by atoms with Crippen LogP contribution in [-0.4, -0.2) is 18.9 Å². The van der Waals surface area contributed by atoms with E-state index in [1.807, 2.05) is 0 Å². The second-order valence-corrected chi connectivity index (χ2v) is 6.01. The lowest BCUT2D eigenvalue weighted by Crippen LogP contribution is -2.23. The number of nitrogens with zero attached hydrogens (tertiary/aromatic N) is 4. The molecule has 0 saturated heterocycles. The van der Waals surface area contributed by atoms with E-state index < -0.39 is 17.3 Å². The molecule has 0 amide bonds. The summed E-state index contributed by atoms with van der Waals surface area (Å²) in [6, 6.07) is 6.64. The molecule has 0 atom stereocenters. The number of benzene rings is 1. The first-order valence-corrected chi connectivity index (χ1v) is 7.81. The molecule has 4 rings (SSSR count). The lowest BCUT2D eigenvalue weighted by atomic mass is 10.1. The highest BCUT2D eigenvalue weighted by Gasteiger charge is 2.31. The Labute approximate surface area is 145 Å². The molecule has 0 aliphatic heterocycles. The van der Waals surface area contributed by atoms with Gasteiger partial charge in [0.25, 0.3) is 5.56 Å². The molecule has 0 fully saturated rings. The highest BCUT2D eigenvalue weighted by atomic mass is 19.4. The molecule has 0 unspecified atom stereocenters. The summed E-state index contributed by atoms with van der Waals surface area (Å²) >= 11 is 0. The molecule has 5 nitrogen and oxygen atoms in total. The molecule has 0 aliphatic rings. The third-order valence-corrected chi connectivity index (χ3v) is 4.34. The Balaban J connectivity index is 2.26. The van der Waals surface area contributed by atoms with E-state index in [-0.39, 0.29) is 11.2 Å². The fourth-order valence-corrected chi connectivity index (χ4v) is 3.12. The number of fused-ring (bicyclic) bond motifs is 3. The fourth-order valence-electron chi connectivity index (χ4n) is 3.12. The average Bonchev–Trinajstić information content (AvgIpc) is 2.98. The van der Waals surface area contributed by atoms with Gasteiger partial charge >= 0.3 is 6.18 Å². The molecule has 1 aromatic carbocycles. The van der Waals surface area contributed by atoms with Crippen LogP contribution in [0.2, 0.25) is 0 Å². The van der Waals surface area contributed by atoms with Crippen molar-refractivity contribution in [2.75, 3.05) is 0 Å². The maximum Gasteiger partial charge on any atom is 0.416 e. The number of alkyl halides is 3. The number of halogens is 3. The summed E-state index contributed by atoms with van der Waals surface area (Å²) in [6.45, 7) is 3.44. The van der Waals surface area contributed by atoms with Crippen molar-refractivity contribution in [3.63, 3.8) is 0 Å². The van der Waals surface area contributed by atoms with Crippen molar-refractivity contribution < 1.29 is 13.2 Å². The number of rotatable bonds is 1. The number of aryl methyl sites for hydroxylation is 2. The topological polar surface area (TPSA) is 52.2 Å². The molecule has 0 bridgehead atoms. The Morgan fingerprint density at radius 1 is 1.04 bits per heavy atom. The number of imidazole rings is 1. The van der Waals surface area contributed by atoms with E-state index in [9.17, 15) is 18.0 Å². The SMILES string of the molecule is Cc1ncccc1-n1c(=O)c2ncc(C)n2c2ccc(C(F)(F)F)cc21. The van der Waals surface area contributed by atoms with Crippen molar-refractivity contribution >= 4 is 16.7 Å². The van der Waals surface area contributed by atoms with Gasteiger partial charge in [-0.25, -0.2) is 4.98 Å². The van der Waals surface area contributed by atoms with Gasteiger partial charge in [0.05, 0.1) is 28.0 Å². The van der Waals surface area contributed by atoms with Crippen molar-refractivity contribution in [3.05, 3.63) is 70.0 Å². The predicted molar refractivity (Wildman–Crippen MR) is 90.6 cm³/mol. The first-order chi connectivity index (χ1) is 12.3. The minimum Gasteiger partial charge on any atom is -0.291 e. The van der Waals surface area contributed by atoms with Crippen molar-refractivity contribution in [1.82, 2.24) is 18.9 Å². The Bertz CT molecular complexity index is 1220. The van der Waals surface area contributed by atoms with Gasteiger partial charge in [-0.05, 0) is 44.2 Å². The van der Waals surface area contributed by atoms with E-state index in [0.29, 0.717) is 22.6 Å². The summed E-state index contributed by atoms with van der Waals surface area (Å²) in [5.41, 5.74) is 1.05. The van der Waals surface area contributed by atoms with Crippen LogP contribution >= 0.6 is 0 Å². The average molecular weight is 358 g/mol. The molecule has 8 heteroatoms. The van der Waals surface area contributed by atoms with Gasteiger partial charge in [-0.1, -0.05) is 0 Å². The molecule has 0 radical (unpaired) electrons. The van der Waals surface area contributed by atoms with Crippen LogP contribution in [0.3, 0.4) is 0 Å². The van der Waals surface area contributed by atoms with Gasteiger partial charge in [-0.3, -0.25) is 18.7 Å². The summed E-state index contributed by atoms with van der Waals surface area (Å²) in [5.74, 6) is 0. The molecule has 4 aromatic rings. The lowest BCUT2D eigenvalue weighted by molar-refractivity contribution is -0.137. The highest BCUT2D eigenvalue weighted by molar-refractivity contribution is 5.81. The minimum absolute atomic E-state index is 0.148. The number of pyridine rings is 1. The van der Waals surface area contributed by atoms with Crippen LogP contribution in [0.5, 0.6) is 0 Å². The van der Waals surface area contributed by atoms with Crippen LogP contribution in [0.25, 0.3) is 22.4 Å². The second-order valence-electron chi connectivity index (χ2n) is 6.01. The molecule has 26 heavy (non-hydrogen) atoms. The molecule has 0 saturated carbocycles. The largest absolute Gasteiger partial charge is 0.416 e. The molecule has 0 N–H and O–H groups in total. The van der Waals surface area contributed by atoms with Crippen LogP contribution in [0.1, 0.15) is 17.0 Å². The normalized spacial score (nSPS) is 12.2. The molecular formula is C18H13F3N4O. The van der Waals surface area contributed by atoms with Crippen LogP contribution in [0, 0.1) is 13.8 Å². The van der Waals surface area contributed by atoms with Gasteiger partial charge in [0.2, 0.25) is 5.65 Å². The number of hydrogen-bond acceptors (Lipinski definition) is 3. The first kappa shape index (κ1) is 16.3. The van der Waals surface area contributed by atoms with Crippen LogP contribution in [0.15, 0.2) is 47.5 Å². The van der Waals surface area contributed by atoms with Crippen molar-refractivity contribution in [2.45, 2.75) is 20.0 Å². The van der Waals surface area contributed by atoms with Gasteiger partial charge in [0, 0.05) is 18.1 Å². The molecule has 3 aromatic heterocycles. The zero-order valence-electron chi connectivity index (χ0n) is 13.9. The van der Waals surface area contributed by atoms with E-state index in [4.69, 9.17) is 0 Å². The number of aromatic nitrogens is 4. The van der Waals surface area contributed by atoms with E-state index in [2.05, 4.69) is 9.97 Å². The van der Waals surface area contributed by atoms with Crippen molar-refractivity contribution in [2.24, 2.45) is 0 Å². The Kier molecular flexibility index (Phi) is 3.40. The summed E-state index contributed by atoms with van der Waals surface area (Å²) in [6.07, 6.45) is -1.43. The summed E-state index contributed by atoms with van der Waals surface area (Å²) < 4.78 is 42.5. The van der Waals surface area contributed by atoms with Crippen molar-refractivity contribution in [3.8, 4) is 5.69 Å². The Morgan fingerprint density at radius 3 is 2.50 bits per heavy atom. The summed E-state index contributed by atoms with van der Waals surface area (Å²) in [7, 11) is 0. The Hall–Kier alpha value is -3.16. The zero-order chi connectivity index (χ0) is 18.6. The van der Waals surface area contributed by atoms with Crippen molar-refractivity contribution in [1.29, 1.82) is 0 Å². The third kappa shape index (κ3) is 2.29. The molecule has 0 aliphatic carbocycles. The van der Waals surface area contributed by atoms with Crippen LogP contribution < -0.4 is 5.56 Å². The summed E-state index contributed by atoms with van der Waals surface area (Å²) in [4.78, 5) is 21.3. The second kappa shape index (κ2) is 5.42. The Morgan fingerprint density at radius 2 is 1.81 bits per heavy atom. The quantitative estimate of drug-likeness (QED) is 0.522. The van der Waals surface area contributed by atoms with Gasteiger partial charge < -0.3 is 0 Å². The van der Waals surface area contributed by atoms with Gasteiger partial charge in [-0.2, -0.15) is 13.2 Å². The third-order valence-electron chi connectivity index (χ3n) is 4.34. The monoisotopic (exact) mass is 358 g/mol. The maximum absolute atomic E-state index is 13.2. The lowest BCUT2D eigenvalue weighted by Gasteiger charge is -2.16. The van der Waals surface area contributed by atoms with E-state index in [0.717, 1.165) is 12.1 Å². The van der Waals surface area contributed by atoms with Gasteiger partial charge in [-0.15, -0.1) is 0 Å². The summed E-state index contributed by atoms with van der Waals surface area (Å²) in [5, 5.41) is 0. The van der Waals surface area contributed by atoms with E-state index in [1.54, 1.807) is 36.6 Å². The zero-order valence-corrected chi connectivity index (χ0v) is 13.9. The van der Waals surface area contributed by atoms with Gasteiger partial charge in [0.1, 0.15) is 0 Å². The predicted octanol–water partition coefficient (Wildman–Crippen LogP) is 3.67. The minimum atomic E-state index is -4.52. The van der Waals surface area contributed by atoms with Crippen LogP contribution in [0.4, 0.5) is 13.2 Å². The maximum atomic E-state index is 13.2. The molecule has 132 valence electrons. The fraction of sp³-hybridized carbons (Fsp3) is 0.167. The number of hydrogen-bond donors (Lipinski definition) is 0. The standard InChI is InChI=1S/C18H13F3N4O/c1-10-9-23-16-17(26)25(13-4-3-7-22-11(13)2)15-8-12(18(19,20)21)5-6-14(15)24(10)16/h3-9H,1-2H3.